The summed E-state index contributed by atoms with van der Waals surface area (Å²) in [6.07, 6.45) is 0.279. The maximum atomic E-state index is 13.0. The number of halogens is 1. The molecule has 0 spiro atoms. The van der Waals surface area contributed by atoms with Gasteiger partial charge in [-0.2, -0.15) is 0 Å². The molecular formula is C20H21FN2O3. The lowest BCUT2D eigenvalue weighted by atomic mass is 9.91. The molecule has 26 heavy (non-hydrogen) atoms. The normalized spacial score (nSPS) is 16.3. The molecule has 1 unspecified atom stereocenters. The summed E-state index contributed by atoms with van der Waals surface area (Å²) in [5, 5.41) is 2.86. The molecule has 0 aromatic heterocycles. The first kappa shape index (κ1) is 18.1. The summed E-state index contributed by atoms with van der Waals surface area (Å²) < 4.78 is 18.1. The lowest BCUT2D eigenvalue weighted by Crippen LogP contribution is -2.48. The summed E-state index contributed by atoms with van der Waals surface area (Å²) in [4.78, 5) is 27.0. The van der Waals surface area contributed by atoms with E-state index >= 15 is 0 Å². The van der Waals surface area contributed by atoms with Crippen molar-refractivity contribution < 1.29 is 18.7 Å². The second-order valence-corrected chi connectivity index (χ2v) is 6.20. The Morgan fingerprint density at radius 3 is 2.69 bits per heavy atom. The zero-order valence-corrected chi connectivity index (χ0v) is 14.6. The number of rotatable bonds is 6. The van der Waals surface area contributed by atoms with Gasteiger partial charge in [-0.15, -0.1) is 0 Å². The lowest BCUT2D eigenvalue weighted by Gasteiger charge is -2.36. The Morgan fingerprint density at radius 2 is 1.96 bits per heavy atom. The molecule has 0 fully saturated rings. The molecule has 2 aromatic rings. The summed E-state index contributed by atoms with van der Waals surface area (Å²) >= 11 is 0. The van der Waals surface area contributed by atoms with Gasteiger partial charge in [0, 0.05) is 20.2 Å². The van der Waals surface area contributed by atoms with Crippen molar-refractivity contribution in [2.45, 2.75) is 19.0 Å². The van der Waals surface area contributed by atoms with Crippen molar-refractivity contribution >= 4 is 11.8 Å². The second kappa shape index (κ2) is 8.10. The number of hydrogen-bond acceptors (Lipinski definition) is 3. The molecule has 0 bridgehead atoms. The van der Waals surface area contributed by atoms with Crippen LogP contribution in [0.5, 0.6) is 0 Å². The predicted molar refractivity (Wildman–Crippen MR) is 94.7 cm³/mol. The topological polar surface area (TPSA) is 58.6 Å². The number of fused-ring (bicyclic) bond motifs is 1. The third-order valence-corrected chi connectivity index (χ3v) is 4.49. The molecular weight excluding hydrogens is 335 g/mol. The van der Waals surface area contributed by atoms with Gasteiger partial charge in [-0.25, -0.2) is 4.39 Å². The average Bonchev–Trinajstić information content (AvgIpc) is 2.65. The van der Waals surface area contributed by atoms with E-state index in [4.69, 9.17) is 4.74 Å². The van der Waals surface area contributed by atoms with E-state index in [9.17, 15) is 14.0 Å². The fraction of sp³-hybridized carbons (Fsp3) is 0.300. The molecule has 136 valence electrons. The van der Waals surface area contributed by atoms with Crippen LogP contribution in [0.1, 0.15) is 22.7 Å². The van der Waals surface area contributed by atoms with Crippen LogP contribution in [0, 0.1) is 5.82 Å². The Labute approximate surface area is 151 Å². The number of nitrogens with one attached hydrogen (secondary N) is 1. The fourth-order valence-corrected chi connectivity index (χ4v) is 3.15. The van der Waals surface area contributed by atoms with Crippen LogP contribution in [0.2, 0.25) is 0 Å². The molecule has 0 radical (unpaired) electrons. The fourth-order valence-electron chi connectivity index (χ4n) is 3.15. The van der Waals surface area contributed by atoms with E-state index in [1.807, 2.05) is 24.3 Å². The van der Waals surface area contributed by atoms with Crippen molar-refractivity contribution in [2.24, 2.45) is 0 Å². The first-order valence-electron chi connectivity index (χ1n) is 8.48. The number of benzene rings is 2. The standard InChI is InChI=1S/C20H21FN2O3/c1-26-11-10-23-18(24)12-15-4-2-3-5-17(15)19(23)20(25)22-13-14-6-8-16(21)9-7-14/h2-9,19H,10-13H2,1H3,(H,22,25). The van der Waals surface area contributed by atoms with Crippen molar-refractivity contribution in [2.75, 3.05) is 20.3 Å². The van der Waals surface area contributed by atoms with Gasteiger partial charge < -0.3 is 15.0 Å². The molecule has 0 saturated heterocycles. The molecule has 1 atom stereocenters. The van der Waals surface area contributed by atoms with Gasteiger partial charge in [0.1, 0.15) is 11.9 Å². The summed E-state index contributed by atoms with van der Waals surface area (Å²) in [6.45, 7) is 0.970. The molecule has 1 aliphatic heterocycles. The van der Waals surface area contributed by atoms with Gasteiger partial charge in [-0.3, -0.25) is 9.59 Å². The molecule has 6 heteroatoms. The van der Waals surface area contributed by atoms with Crippen molar-refractivity contribution in [1.29, 1.82) is 0 Å². The SMILES string of the molecule is COCCN1C(=O)Cc2ccccc2C1C(=O)NCc1ccc(F)cc1. The number of hydrogen-bond donors (Lipinski definition) is 1. The first-order valence-corrected chi connectivity index (χ1v) is 8.48. The summed E-state index contributed by atoms with van der Waals surface area (Å²) in [5.41, 5.74) is 2.49. The predicted octanol–water partition coefficient (Wildman–Crippen LogP) is 2.21. The van der Waals surface area contributed by atoms with Crippen LogP contribution in [0.25, 0.3) is 0 Å². The quantitative estimate of drug-likeness (QED) is 0.863. The summed E-state index contributed by atoms with van der Waals surface area (Å²) in [7, 11) is 1.56. The van der Waals surface area contributed by atoms with Crippen LogP contribution in [0.3, 0.4) is 0 Å². The van der Waals surface area contributed by atoms with E-state index < -0.39 is 6.04 Å². The molecule has 2 amide bonds. The molecule has 1 N–H and O–H groups in total. The van der Waals surface area contributed by atoms with E-state index in [0.29, 0.717) is 13.2 Å². The molecule has 5 nitrogen and oxygen atoms in total. The zero-order valence-electron chi connectivity index (χ0n) is 14.6. The zero-order chi connectivity index (χ0) is 18.5. The maximum Gasteiger partial charge on any atom is 0.247 e. The smallest absolute Gasteiger partial charge is 0.247 e. The monoisotopic (exact) mass is 356 g/mol. The van der Waals surface area contributed by atoms with E-state index in [2.05, 4.69) is 5.32 Å². The van der Waals surface area contributed by atoms with Crippen LogP contribution in [-0.4, -0.2) is 37.0 Å². The third-order valence-electron chi connectivity index (χ3n) is 4.49. The van der Waals surface area contributed by atoms with Crippen LogP contribution < -0.4 is 5.32 Å². The van der Waals surface area contributed by atoms with Crippen LogP contribution in [-0.2, 0) is 27.3 Å². The summed E-state index contributed by atoms with van der Waals surface area (Å²) in [6, 6.07) is 12.7. The third kappa shape index (κ3) is 3.91. The van der Waals surface area contributed by atoms with E-state index in [1.165, 1.54) is 12.1 Å². The molecule has 1 aliphatic rings. The minimum absolute atomic E-state index is 0.0947. The van der Waals surface area contributed by atoms with Gasteiger partial charge in [0.05, 0.1) is 13.0 Å². The van der Waals surface area contributed by atoms with Gasteiger partial charge in [-0.1, -0.05) is 36.4 Å². The van der Waals surface area contributed by atoms with Crippen LogP contribution >= 0.6 is 0 Å². The number of carbonyl (C=O) groups excluding carboxylic acids is 2. The largest absolute Gasteiger partial charge is 0.383 e. The minimum Gasteiger partial charge on any atom is -0.383 e. The van der Waals surface area contributed by atoms with E-state index in [-0.39, 0.29) is 30.6 Å². The van der Waals surface area contributed by atoms with Gasteiger partial charge in [0.15, 0.2) is 0 Å². The minimum atomic E-state index is -0.692. The number of methoxy groups -OCH3 is 1. The second-order valence-electron chi connectivity index (χ2n) is 6.20. The van der Waals surface area contributed by atoms with Crippen molar-refractivity contribution in [3.63, 3.8) is 0 Å². The number of nitrogens with zero attached hydrogens (tertiary/aromatic N) is 1. The van der Waals surface area contributed by atoms with Crippen molar-refractivity contribution in [3.8, 4) is 0 Å². The number of amides is 2. The first-order chi connectivity index (χ1) is 12.6. The van der Waals surface area contributed by atoms with Crippen LogP contribution in [0.15, 0.2) is 48.5 Å². The van der Waals surface area contributed by atoms with Crippen molar-refractivity contribution in [3.05, 3.63) is 71.0 Å². The Kier molecular flexibility index (Phi) is 5.63. The van der Waals surface area contributed by atoms with Gasteiger partial charge in [0.2, 0.25) is 11.8 Å². The molecule has 1 heterocycles. The number of carbonyl (C=O) groups is 2. The van der Waals surface area contributed by atoms with Gasteiger partial charge >= 0.3 is 0 Å². The Morgan fingerprint density at radius 1 is 1.23 bits per heavy atom. The molecule has 0 aliphatic carbocycles. The Balaban J connectivity index is 1.81. The average molecular weight is 356 g/mol. The van der Waals surface area contributed by atoms with E-state index in [0.717, 1.165) is 16.7 Å². The highest BCUT2D eigenvalue weighted by Crippen LogP contribution is 2.30. The molecule has 2 aromatic carbocycles. The Hall–Kier alpha value is -2.73. The highest BCUT2D eigenvalue weighted by molar-refractivity contribution is 5.92. The highest BCUT2D eigenvalue weighted by atomic mass is 19.1. The molecule has 3 rings (SSSR count). The van der Waals surface area contributed by atoms with Crippen molar-refractivity contribution in [1.82, 2.24) is 10.2 Å². The summed E-state index contributed by atoms with van der Waals surface area (Å²) in [5.74, 6) is -0.675. The lowest BCUT2D eigenvalue weighted by molar-refractivity contribution is -0.142. The van der Waals surface area contributed by atoms with Gasteiger partial charge in [-0.05, 0) is 28.8 Å². The Bertz CT molecular complexity index is 792. The van der Waals surface area contributed by atoms with Crippen LogP contribution in [0.4, 0.5) is 4.39 Å². The van der Waals surface area contributed by atoms with E-state index in [1.54, 1.807) is 24.1 Å². The number of ether oxygens (including phenoxy) is 1. The van der Waals surface area contributed by atoms with Gasteiger partial charge in [0.25, 0.3) is 0 Å². The molecule has 0 saturated carbocycles. The maximum absolute atomic E-state index is 13.0. The highest BCUT2D eigenvalue weighted by Gasteiger charge is 2.36.